The van der Waals surface area contributed by atoms with Crippen LogP contribution in [0.25, 0.3) is 0 Å². The quantitative estimate of drug-likeness (QED) is 0.860. The molecule has 0 radical (unpaired) electrons. The number of hydrogen-bond acceptors (Lipinski definition) is 3. The third kappa shape index (κ3) is 2.97. The number of nitrogens with two attached hydrogens (primary N) is 1. The first-order valence-corrected chi connectivity index (χ1v) is 6.05. The average molecular weight is 235 g/mol. The molecular formula is C9H11F2NO2S. The van der Waals surface area contributed by atoms with Gasteiger partial charge in [0.15, 0.2) is 9.84 Å². The summed E-state index contributed by atoms with van der Waals surface area (Å²) in [5.41, 5.74) is 5.42. The number of rotatable bonds is 3. The predicted octanol–water partition coefficient (Wildman–Crippen LogP) is 1.36. The van der Waals surface area contributed by atoms with E-state index in [1.54, 1.807) is 0 Å². The van der Waals surface area contributed by atoms with E-state index in [4.69, 9.17) is 5.73 Å². The van der Waals surface area contributed by atoms with Crippen molar-refractivity contribution in [2.24, 2.45) is 5.73 Å². The zero-order valence-corrected chi connectivity index (χ0v) is 8.84. The van der Waals surface area contributed by atoms with Crippen molar-refractivity contribution >= 4 is 9.84 Å². The zero-order valence-electron chi connectivity index (χ0n) is 8.02. The van der Waals surface area contributed by atoms with Gasteiger partial charge in [-0.1, -0.05) is 12.1 Å². The van der Waals surface area contributed by atoms with Crippen LogP contribution in [0.1, 0.15) is 11.6 Å². The summed E-state index contributed by atoms with van der Waals surface area (Å²) in [5, 5.41) is 0. The van der Waals surface area contributed by atoms with Gasteiger partial charge in [0.25, 0.3) is 6.43 Å². The van der Waals surface area contributed by atoms with Crippen molar-refractivity contribution in [3.05, 3.63) is 29.8 Å². The summed E-state index contributed by atoms with van der Waals surface area (Å²) in [5.74, 6) is 0. The minimum absolute atomic E-state index is 0.0905. The van der Waals surface area contributed by atoms with E-state index in [1.807, 2.05) is 0 Å². The lowest BCUT2D eigenvalue weighted by molar-refractivity contribution is 0.116. The van der Waals surface area contributed by atoms with E-state index in [0.717, 1.165) is 6.26 Å². The number of halogens is 2. The third-order valence-corrected chi connectivity index (χ3v) is 3.09. The molecule has 0 aliphatic heterocycles. The maximum absolute atomic E-state index is 12.2. The SMILES string of the molecule is CS(=O)(=O)c1ccc([C@H](N)C(F)F)cc1. The molecule has 0 unspecified atom stereocenters. The van der Waals surface area contributed by atoms with E-state index in [2.05, 4.69) is 0 Å². The van der Waals surface area contributed by atoms with Crippen LogP contribution in [0.5, 0.6) is 0 Å². The van der Waals surface area contributed by atoms with Crippen LogP contribution < -0.4 is 5.73 Å². The highest BCUT2D eigenvalue weighted by Crippen LogP contribution is 2.19. The molecule has 0 saturated carbocycles. The standard InChI is InChI=1S/C9H11F2NO2S/c1-15(13,14)7-4-2-6(3-5-7)8(12)9(10)11/h2-5,8-9H,12H2,1H3/t8-/m0/s1. The van der Waals surface area contributed by atoms with Crippen molar-refractivity contribution in [2.75, 3.05) is 6.26 Å². The third-order valence-electron chi connectivity index (χ3n) is 1.96. The van der Waals surface area contributed by atoms with Gasteiger partial charge in [0.05, 0.1) is 10.9 Å². The van der Waals surface area contributed by atoms with Gasteiger partial charge >= 0.3 is 0 Å². The average Bonchev–Trinajstić information content (AvgIpc) is 2.15. The second-order valence-corrected chi connectivity index (χ2v) is 5.22. The number of sulfone groups is 1. The minimum atomic E-state index is -3.29. The summed E-state index contributed by atoms with van der Waals surface area (Å²) in [4.78, 5) is 0.0905. The maximum Gasteiger partial charge on any atom is 0.257 e. The van der Waals surface area contributed by atoms with Crippen LogP contribution in [-0.4, -0.2) is 21.1 Å². The Bertz CT molecular complexity index is 428. The van der Waals surface area contributed by atoms with Crippen molar-refractivity contribution < 1.29 is 17.2 Å². The van der Waals surface area contributed by atoms with Crippen LogP contribution >= 0.6 is 0 Å². The molecule has 0 heterocycles. The Hall–Kier alpha value is -1.01. The van der Waals surface area contributed by atoms with Gasteiger partial charge in [-0.3, -0.25) is 0 Å². The fourth-order valence-corrected chi connectivity index (χ4v) is 1.71. The zero-order chi connectivity index (χ0) is 11.6. The molecule has 0 bridgehead atoms. The first-order chi connectivity index (χ1) is 6.82. The molecule has 0 saturated heterocycles. The van der Waals surface area contributed by atoms with Crippen LogP contribution in [0.3, 0.4) is 0 Å². The molecule has 0 aliphatic rings. The lowest BCUT2D eigenvalue weighted by atomic mass is 10.1. The fourth-order valence-electron chi connectivity index (χ4n) is 1.08. The number of hydrogen-bond donors (Lipinski definition) is 1. The Morgan fingerprint density at radius 2 is 1.67 bits per heavy atom. The number of alkyl halides is 2. The Balaban J connectivity index is 3.01. The topological polar surface area (TPSA) is 60.2 Å². The van der Waals surface area contributed by atoms with Gasteiger partial charge in [-0.15, -0.1) is 0 Å². The van der Waals surface area contributed by atoms with Crippen LogP contribution in [-0.2, 0) is 9.84 Å². The number of benzene rings is 1. The molecule has 0 spiro atoms. The van der Waals surface area contributed by atoms with E-state index < -0.39 is 22.3 Å². The lowest BCUT2D eigenvalue weighted by Gasteiger charge is -2.10. The fraction of sp³-hybridized carbons (Fsp3) is 0.333. The maximum atomic E-state index is 12.2. The van der Waals surface area contributed by atoms with Gasteiger partial charge < -0.3 is 5.73 Å². The van der Waals surface area contributed by atoms with Crippen LogP contribution in [0, 0.1) is 0 Å². The predicted molar refractivity (Wildman–Crippen MR) is 52.5 cm³/mol. The van der Waals surface area contributed by atoms with Gasteiger partial charge in [-0.25, -0.2) is 17.2 Å². The van der Waals surface area contributed by atoms with Gasteiger partial charge in [0.2, 0.25) is 0 Å². The molecule has 0 aliphatic carbocycles. The largest absolute Gasteiger partial charge is 0.319 e. The Morgan fingerprint density at radius 1 is 1.20 bits per heavy atom. The molecule has 2 N–H and O–H groups in total. The second-order valence-electron chi connectivity index (χ2n) is 3.20. The van der Waals surface area contributed by atoms with Crippen molar-refractivity contribution in [1.82, 2.24) is 0 Å². The summed E-state index contributed by atoms with van der Waals surface area (Å²) in [6.45, 7) is 0. The molecule has 6 heteroatoms. The van der Waals surface area contributed by atoms with E-state index in [1.165, 1.54) is 24.3 Å². The lowest BCUT2D eigenvalue weighted by Crippen LogP contribution is -2.18. The molecule has 1 atom stereocenters. The first kappa shape index (κ1) is 12.1. The van der Waals surface area contributed by atoms with Gasteiger partial charge in [0.1, 0.15) is 0 Å². The minimum Gasteiger partial charge on any atom is -0.319 e. The molecule has 0 fully saturated rings. The van der Waals surface area contributed by atoms with Crippen molar-refractivity contribution in [3.63, 3.8) is 0 Å². The highest BCUT2D eigenvalue weighted by molar-refractivity contribution is 7.90. The van der Waals surface area contributed by atoms with Crippen molar-refractivity contribution in [1.29, 1.82) is 0 Å². The molecule has 84 valence electrons. The Kier molecular flexibility index (Phi) is 3.41. The van der Waals surface area contributed by atoms with E-state index >= 15 is 0 Å². The monoisotopic (exact) mass is 235 g/mol. The van der Waals surface area contributed by atoms with Crippen LogP contribution in [0.15, 0.2) is 29.2 Å². The molecule has 3 nitrogen and oxygen atoms in total. The van der Waals surface area contributed by atoms with Crippen LogP contribution in [0.2, 0.25) is 0 Å². The molecule has 0 aromatic heterocycles. The Labute approximate surface area is 86.8 Å². The summed E-state index contributed by atoms with van der Waals surface area (Å²) in [6, 6.07) is 3.76. The molecular weight excluding hydrogens is 224 g/mol. The summed E-state index contributed by atoms with van der Waals surface area (Å²) >= 11 is 0. The highest BCUT2D eigenvalue weighted by Gasteiger charge is 2.17. The molecule has 0 amide bonds. The van der Waals surface area contributed by atoms with Gasteiger partial charge in [-0.05, 0) is 17.7 Å². The van der Waals surface area contributed by atoms with E-state index in [-0.39, 0.29) is 10.5 Å². The summed E-state index contributed by atoms with van der Waals surface area (Å²) < 4.78 is 46.5. The van der Waals surface area contributed by atoms with E-state index in [0.29, 0.717) is 0 Å². The van der Waals surface area contributed by atoms with E-state index in [9.17, 15) is 17.2 Å². The molecule has 1 aromatic rings. The van der Waals surface area contributed by atoms with Crippen LogP contribution in [0.4, 0.5) is 8.78 Å². The Morgan fingerprint density at radius 3 is 2.00 bits per heavy atom. The highest BCUT2D eigenvalue weighted by atomic mass is 32.2. The smallest absolute Gasteiger partial charge is 0.257 e. The van der Waals surface area contributed by atoms with Gasteiger partial charge in [-0.2, -0.15) is 0 Å². The molecule has 1 aromatic carbocycles. The normalized spacial score (nSPS) is 14.2. The molecule has 15 heavy (non-hydrogen) atoms. The first-order valence-electron chi connectivity index (χ1n) is 4.16. The summed E-state index contributed by atoms with van der Waals surface area (Å²) in [7, 11) is -3.29. The molecule has 1 rings (SSSR count). The summed E-state index contributed by atoms with van der Waals surface area (Å²) in [6.07, 6.45) is -1.61. The van der Waals surface area contributed by atoms with Gasteiger partial charge in [0, 0.05) is 6.26 Å². The second kappa shape index (κ2) is 4.24. The van der Waals surface area contributed by atoms with Crippen molar-refractivity contribution in [2.45, 2.75) is 17.4 Å². The van der Waals surface area contributed by atoms with Crippen molar-refractivity contribution in [3.8, 4) is 0 Å².